The largest absolute Gasteiger partial charge is 0.419 e. The predicted octanol–water partition coefficient (Wildman–Crippen LogP) is 2.27. The van der Waals surface area contributed by atoms with E-state index in [1.807, 2.05) is 31.2 Å². The van der Waals surface area contributed by atoms with Crippen LogP contribution in [-0.4, -0.2) is 19.0 Å². The van der Waals surface area contributed by atoms with E-state index in [2.05, 4.69) is 0 Å². The fourth-order valence-electron chi connectivity index (χ4n) is 3.29. The SMILES string of the molecule is C[C@H]1Cc2ccccc2N1S(=O)(=O)c1ccc2c(c1)oc(=O)n2C. The second-order valence-electron chi connectivity index (χ2n) is 6.04. The molecule has 1 aliphatic heterocycles. The van der Waals surface area contributed by atoms with E-state index in [-0.39, 0.29) is 16.5 Å². The van der Waals surface area contributed by atoms with Crippen LogP contribution in [0.1, 0.15) is 12.5 Å². The maximum atomic E-state index is 13.1. The Balaban J connectivity index is 1.88. The molecule has 0 radical (unpaired) electrons. The van der Waals surface area contributed by atoms with Gasteiger partial charge in [-0.2, -0.15) is 0 Å². The van der Waals surface area contributed by atoms with E-state index in [9.17, 15) is 13.2 Å². The standard InChI is InChI=1S/C17H16N2O4S/c1-11-9-12-5-3-4-6-14(12)19(11)24(21,22)13-7-8-15-16(10-13)23-17(20)18(15)2/h3-8,10-11H,9H2,1-2H3/t11-/m0/s1. The molecule has 124 valence electrons. The molecule has 4 rings (SSSR count). The first-order valence-electron chi connectivity index (χ1n) is 7.61. The molecule has 24 heavy (non-hydrogen) atoms. The maximum Gasteiger partial charge on any atom is 0.419 e. The van der Waals surface area contributed by atoms with Gasteiger partial charge in [0.25, 0.3) is 10.0 Å². The van der Waals surface area contributed by atoms with Crippen molar-refractivity contribution in [2.45, 2.75) is 24.3 Å². The van der Waals surface area contributed by atoms with E-state index in [1.54, 1.807) is 13.1 Å². The molecule has 6 nitrogen and oxygen atoms in total. The molecular weight excluding hydrogens is 328 g/mol. The Kier molecular flexibility index (Phi) is 3.11. The Hall–Kier alpha value is -2.54. The topological polar surface area (TPSA) is 72.5 Å². The summed E-state index contributed by atoms with van der Waals surface area (Å²) >= 11 is 0. The Bertz CT molecular complexity index is 1110. The summed E-state index contributed by atoms with van der Waals surface area (Å²) in [5.74, 6) is -0.514. The van der Waals surface area contributed by atoms with Crippen LogP contribution in [0.25, 0.3) is 11.1 Å². The van der Waals surface area contributed by atoms with Gasteiger partial charge in [0.1, 0.15) is 0 Å². The van der Waals surface area contributed by atoms with Gasteiger partial charge in [0.05, 0.1) is 16.1 Å². The third-order valence-corrected chi connectivity index (χ3v) is 6.39. The van der Waals surface area contributed by atoms with Gasteiger partial charge in [-0.05, 0) is 37.1 Å². The minimum atomic E-state index is -3.73. The molecule has 0 saturated heterocycles. The van der Waals surface area contributed by atoms with Gasteiger partial charge in [-0.25, -0.2) is 13.2 Å². The first-order chi connectivity index (χ1) is 11.4. The number of sulfonamides is 1. The summed E-state index contributed by atoms with van der Waals surface area (Å²) in [6, 6.07) is 11.9. The highest BCUT2D eigenvalue weighted by molar-refractivity contribution is 7.92. The second kappa shape index (κ2) is 4.98. The van der Waals surface area contributed by atoms with Crippen LogP contribution in [-0.2, 0) is 23.5 Å². The molecule has 3 aromatic rings. The monoisotopic (exact) mass is 344 g/mol. The van der Waals surface area contributed by atoms with Crippen LogP contribution in [0.2, 0.25) is 0 Å². The number of fused-ring (bicyclic) bond motifs is 2. The zero-order valence-electron chi connectivity index (χ0n) is 13.3. The highest BCUT2D eigenvalue weighted by atomic mass is 32.2. The molecule has 0 unspecified atom stereocenters. The van der Waals surface area contributed by atoms with Crippen molar-refractivity contribution < 1.29 is 12.8 Å². The lowest BCUT2D eigenvalue weighted by atomic mass is 10.1. The van der Waals surface area contributed by atoms with E-state index in [4.69, 9.17) is 4.42 Å². The van der Waals surface area contributed by atoms with Gasteiger partial charge < -0.3 is 4.42 Å². The molecule has 2 heterocycles. The Labute approximate surface area is 139 Å². The highest BCUT2D eigenvalue weighted by Crippen LogP contribution is 2.36. The molecule has 0 fully saturated rings. The Morgan fingerprint density at radius 2 is 1.92 bits per heavy atom. The predicted molar refractivity (Wildman–Crippen MR) is 90.7 cm³/mol. The summed E-state index contributed by atoms with van der Waals surface area (Å²) in [4.78, 5) is 11.7. The van der Waals surface area contributed by atoms with Crippen molar-refractivity contribution in [2.24, 2.45) is 7.05 Å². The third kappa shape index (κ3) is 2.01. The zero-order valence-corrected chi connectivity index (χ0v) is 14.1. The summed E-state index contributed by atoms with van der Waals surface area (Å²) < 4.78 is 34.2. The number of rotatable bonds is 2. The quantitative estimate of drug-likeness (QED) is 0.715. The molecule has 7 heteroatoms. The van der Waals surface area contributed by atoms with Gasteiger partial charge in [0, 0.05) is 19.2 Å². The number of oxazole rings is 1. The van der Waals surface area contributed by atoms with Gasteiger partial charge in [-0.15, -0.1) is 0 Å². The van der Waals surface area contributed by atoms with Crippen molar-refractivity contribution in [1.82, 2.24) is 4.57 Å². The number of aromatic nitrogens is 1. The van der Waals surface area contributed by atoms with Crippen LogP contribution in [0.4, 0.5) is 5.69 Å². The minimum Gasteiger partial charge on any atom is -0.408 e. The number of hydrogen-bond acceptors (Lipinski definition) is 4. The van der Waals surface area contributed by atoms with Gasteiger partial charge in [0.2, 0.25) is 0 Å². The summed E-state index contributed by atoms with van der Waals surface area (Å²) in [7, 11) is -2.15. The summed E-state index contributed by atoms with van der Waals surface area (Å²) in [5, 5.41) is 0. The van der Waals surface area contributed by atoms with Gasteiger partial charge >= 0.3 is 5.76 Å². The van der Waals surface area contributed by atoms with E-state index in [1.165, 1.54) is 21.0 Å². The van der Waals surface area contributed by atoms with Crippen LogP contribution < -0.4 is 10.1 Å². The Morgan fingerprint density at radius 3 is 2.71 bits per heavy atom. The van der Waals surface area contributed by atoms with Crippen LogP contribution in [0.3, 0.4) is 0 Å². The number of para-hydroxylation sites is 1. The highest BCUT2D eigenvalue weighted by Gasteiger charge is 2.36. The average molecular weight is 344 g/mol. The van der Waals surface area contributed by atoms with Gasteiger partial charge in [-0.3, -0.25) is 8.87 Å². The third-order valence-electron chi connectivity index (χ3n) is 4.47. The Morgan fingerprint density at radius 1 is 1.17 bits per heavy atom. The second-order valence-corrected chi connectivity index (χ2v) is 7.85. The number of aryl methyl sites for hydroxylation is 1. The van der Waals surface area contributed by atoms with Crippen molar-refractivity contribution >= 4 is 26.8 Å². The molecule has 0 bridgehead atoms. The van der Waals surface area contributed by atoms with Crippen LogP contribution in [0, 0.1) is 0 Å². The zero-order chi connectivity index (χ0) is 17.1. The van der Waals surface area contributed by atoms with E-state index >= 15 is 0 Å². The fourth-order valence-corrected chi connectivity index (χ4v) is 5.00. The van der Waals surface area contributed by atoms with E-state index in [0.717, 1.165) is 5.56 Å². The lowest BCUT2D eigenvalue weighted by molar-refractivity contribution is 0.527. The lowest BCUT2D eigenvalue weighted by Gasteiger charge is -2.24. The first-order valence-corrected chi connectivity index (χ1v) is 9.05. The van der Waals surface area contributed by atoms with Crippen LogP contribution in [0.15, 0.2) is 56.6 Å². The number of benzene rings is 2. The van der Waals surface area contributed by atoms with E-state index in [0.29, 0.717) is 17.6 Å². The molecule has 0 amide bonds. The molecule has 2 aromatic carbocycles. The molecule has 0 aliphatic carbocycles. The van der Waals surface area contributed by atoms with Crippen molar-refractivity contribution in [1.29, 1.82) is 0 Å². The fraction of sp³-hybridized carbons (Fsp3) is 0.235. The van der Waals surface area contributed by atoms with Gasteiger partial charge in [-0.1, -0.05) is 18.2 Å². The summed E-state index contributed by atoms with van der Waals surface area (Å²) in [5.41, 5.74) is 2.55. The molecule has 0 saturated carbocycles. The average Bonchev–Trinajstić information content (AvgIpc) is 3.03. The number of nitrogens with zero attached hydrogens (tertiary/aromatic N) is 2. The van der Waals surface area contributed by atoms with Crippen molar-refractivity contribution in [3.05, 3.63) is 58.6 Å². The summed E-state index contributed by atoms with van der Waals surface area (Å²) in [6.45, 7) is 1.89. The maximum absolute atomic E-state index is 13.1. The van der Waals surface area contributed by atoms with Crippen molar-refractivity contribution in [2.75, 3.05) is 4.31 Å². The molecule has 1 aromatic heterocycles. The lowest BCUT2D eigenvalue weighted by Crippen LogP contribution is -2.35. The van der Waals surface area contributed by atoms with E-state index < -0.39 is 15.8 Å². The molecule has 1 atom stereocenters. The number of anilines is 1. The number of hydrogen-bond donors (Lipinski definition) is 0. The van der Waals surface area contributed by atoms with Crippen LogP contribution >= 0.6 is 0 Å². The minimum absolute atomic E-state index is 0.118. The molecule has 1 aliphatic rings. The van der Waals surface area contributed by atoms with Gasteiger partial charge in [0.15, 0.2) is 5.58 Å². The summed E-state index contributed by atoms with van der Waals surface area (Å²) in [6.07, 6.45) is 0.679. The van der Waals surface area contributed by atoms with Crippen molar-refractivity contribution in [3.8, 4) is 0 Å². The molecule has 0 spiro atoms. The molecule has 0 N–H and O–H groups in total. The van der Waals surface area contributed by atoms with Crippen LogP contribution in [0.5, 0.6) is 0 Å². The first kappa shape index (κ1) is 15.0. The van der Waals surface area contributed by atoms with Crippen molar-refractivity contribution in [3.63, 3.8) is 0 Å². The smallest absolute Gasteiger partial charge is 0.408 e. The molecular formula is C17H16N2O4S. The normalized spacial score (nSPS) is 17.4.